The summed E-state index contributed by atoms with van der Waals surface area (Å²) in [6, 6.07) is 15.9. The molecule has 0 saturated heterocycles. The molecule has 0 bridgehead atoms. The predicted molar refractivity (Wildman–Crippen MR) is 133 cm³/mol. The van der Waals surface area contributed by atoms with E-state index >= 15 is 0 Å². The lowest BCUT2D eigenvalue weighted by Crippen LogP contribution is -2.58. The van der Waals surface area contributed by atoms with Crippen molar-refractivity contribution in [3.63, 3.8) is 0 Å². The number of nitrogens with one attached hydrogen (secondary N) is 2. The third-order valence-corrected chi connectivity index (χ3v) is 7.52. The average molecular weight is 479 g/mol. The van der Waals surface area contributed by atoms with Crippen molar-refractivity contribution in [3.8, 4) is 11.1 Å². The zero-order valence-electron chi connectivity index (χ0n) is 20.4. The van der Waals surface area contributed by atoms with Gasteiger partial charge in [-0.2, -0.15) is 0 Å². The molecule has 0 radical (unpaired) electrons. The van der Waals surface area contributed by atoms with E-state index in [0.717, 1.165) is 24.0 Å². The Hall–Kier alpha value is -3.35. The fourth-order valence-corrected chi connectivity index (χ4v) is 5.58. The number of carbonyl (C=O) groups excluding carboxylic acids is 2. The molecule has 7 nitrogen and oxygen atoms in total. The third-order valence-electron chi connectivity index (χ3n) is 7.52. The second-order valence-corrected chi connectivity index (χ2v) is 9.88. The number of carboxylic acids is 1. The summed E-state index contributed by atoms with van der Waals surface area (Å²) in [5.74, 6) is -1.63. The van der Waals surface area contributed by atoms with Crippen LogP contribution in [0.15, 0.2) is 48.5 Å². The molecule has 2 aliphatic carbocycles. The van der Waals surface area contributed by atoms with Gasteiger partial charge in [-0.1, -0.05) is 68.3 Å². The zero-order chi connectivity index (χ0) is 25.0. The fraction of sp³-hybridized carbons (Fsp3) is 0.464. The molecule has 0 heterocycles. The minimum Gasteiger partial charge on any atom is -0.481 e. The molecule has 3 atom stereocenters. The Kier molecular flexibility index (Phi) is 7.43. The monoisotopic (exact) mass is 478 g/mol. The highest BCUT2D eigenvalue weighted by atomic mass is 16.5. The van der Waals surface area contributed by atoms with E-state index in [1.807, 2.05) is 38.1 Å². The van der Waals surface area contributed by atoms with Crippen molar-refractivity contribution in [1.29, 1.82) is 0 Å². The summed E-state index contributed by atoms with van der Waals surface area (Å²) in [5, 5.41) is 15.0. The van der Waals surface area contributed by atoms with Crippen LogP contribution in [0.25, 0.3) is 11.1 Å². The third kappa shape index (κ3) is 5.34. The maximum Gasteiger partial charge on any atom is 0.407 e. The van der Waals surface area contributed by atoms with Crippen LogP contribution in [0.1, 0.15) is 69.4 Å². The summed E-state index contributed by atoms with van der Waals surface area (Å²) in [6.07, 6.45) is 2.95. The number of aliphatic carboxylic acids is 1. The number of rotatable bonds is 8. The van der Waals surface area contributed by atoms with Crippen molar-refractivity contribution < 1.29 is 24.2 Å². The van der Waals surface area contributed by atoms with Gasteiger partial charge in [-0.25, -0.2) is 4.79 Å². The molecular formula is C28H34N2O5. The maximum atomic E-state index is 13.1. The van der Waals surface area contributed by atoms with E-state index in [1.165, 1.54) is 11.1 Å². The van der Waals surface area contributed by atoms with Crippen LogP contribution in [0.2, 0.25) is 0 Å². The first-order valence-corrected chi connectivity index (χ1v) is 12.5. The van der Waals surface area contributed by atoms with Crippen LogP contribution in [0, 0.1) is 5.92 Å². The van der Waals surface area contributed by atoms with Gasteiger partial charge in [0.2, 0.25) is 5.91 Å². The minimum atomic E-state index is -0.944. The topological polar surface area (TPSA) is 105 Å². The van der Waals surface area contributed by atoms with E-state index < -0.39 is 29.6 Å². The summed E-state index contributed by atoms with van der Waals surface area (Å²) >= 11 is 0. The first-order chi connectivity index (χ1) is 16.8. The maximum absolute atomic E-state index is 13.1. The van der Waals surface area contributed by atoms with Crippen LogP contribution >= 0.6 is 0 Å². The van der Waals surface area contributed by atoms with Crippen molar-refractivity contribution in [2.45, 2.75) is 69.9 Å². The van der Waals surface area contributed by atoms with E-state index in [0.29, 0.717) is 19.3 Å². The molecule has 0 aromatic heterocycles. The number of hydrogen-bond donors (Lipinski definition) is 3. The van der Waals surface area contributed by atoms with Gasteiger partial charge in [-0.05, 0) is 48.4 Å². The number of carboxylic acid groups (broad SMARTS) is 1. The van der Waals surface area contributed by atoms with Crippen molar-refractivity contribution >= 4 is 18.0 Å². The Labute approximate surface area is 206 Å². The molecule has 35 heavy (non-hydrogen) atoms. The SMILES string of the molecule is CC[C@H](CC(=O)O)NC(=O)C1CCCCC1(C)NC(=O)OCC1c2ccccc2-c2ccccc21. The van der Waals surface area contributed by atoms with Crippen LogP contribution in [-0.4, -0.2) is 41.3 Å². The molecule has 2 amide bonds. The molecule has 186 valence electrons. The summed E-state index contributed by atoms with van der Waals surface area (Å²) in [5.41, 5.74) is 3.87. The lowest BCUT2D eigenvalue weighted by molar-refractivity contribution is -0.138. The lowest BCUT2D eigenvalue weighted by Gasteiger charge is -2.41. The minimum absolute atomic E-state index is 0.0345. The molecule has 2 aromatic rings. The Bertz CT molecular complexity index is 1050. The van der Waals surface area contributed by atoms with E-state index in [-0.39, 0.29) is 24.9 Å². The Balaban J connectivity index is 1.42. The molecular weight excluding hydrogens is 444 g/mol. The molecule has 2 unspecified atom stereocenters. The number of hydrogen-bond acceptors (Lipinski definition) is 4. The molecule has 3 N–H and O–H groups in total. The van der Waals surface area contributed by atoms with Crippen LogP contribution in [0.5, 0.6) is 0 Å². The van der Waals surface area contributed by atoms with E-state index in [1.54, 1.807) is 0 Å². The molecule has 1 saturated carbocycles. The molecule has 0 spiro atoms. The van der Waals surface area contributed by atoms with Crippen molar-refractivity contribution in [2.24, 2.45) is 5.92 Å². The van der Waals surface area contributed by atoms with Crippen LogP contribution < -0.4 is 10.6 Å². The standard InChI is InChI=1S/C28H34N2O5/c1-3-18(16-25(31)32)29-26(33)24-14-8-9-15-28(24,2)30-27(34)35-17-23-21-12-6-4-10-19(21)20-11-5-7-13-22(20)23/h4-7,10-13,18,23-24H,3,8-9,14-17H2,1-2H3,(H,29,33)(H,30,34)(H,31,32)/t18-,24?,28?/m1/s1. The summed E-state index contributed by atoms with van der Waals surface area (Å²) in [7, 11) is 0. The molecule has 1 fully saturated rings. The quantitative estimate of drug-likeness (QED) is 0.503. The Morgan fingerprint density at radius 1 is 1.06 bits per heavy atom. The fourth-order valence-electron chi connectivity index (χ4n) is 5.58. The summed E-state index contributed by atoms with van der Waals surface area (Å²) < 4.78 is 5.73. The average Bonchev–Trinajstić information content (AvgIpc) is 3.15. The number of alkyl carbamates (subject to hydrolysis) is 1. The van der Waals surface area contributed by atoms with Crippen molar-refractivity contribution in [2.75, 3.05) is 6.61 Å². The van der Waals surface area contributed by atoms with Gasteiger partial charge < -0.3 is 20.5 Å². The van der Waals surface area contributed by atoms with Crippen molar-refractivity contribution in [3.05, 3.63) is 59.7 Å². The number of ether oxygens (including phenoxy) is 1. The molecule has 7 heteroatoms. The number of fused-ring (bicyclic) bond motifs is 3. The van der Waals surface area contributed by atoms with Gasteiger partial charge in [0.05, 0.1) is 17.9 Å². The summed E-state index contributed by atoms with van der Waals surface area (Å²) in [6.45, 7) is 3.95. The van der Waals surface area contributed by atoms with E-state index in [2.05, 4.69) is 34.9 Å². The molecule has 0 aliphatic heterocycles. The highest BCUT2D eigenvalue weighted by Crippen LogP contribution is 2.44. The Morgan fingerprint density at radius 3 is 2.29 bits per heavy atom. The second-order valence-electron chi connectivity index (χ2n) is 9.88. The highest BCUT2D eigenvalue weighted by molar-refractivity contribution is 5.82. The molecule has 4 rings (SSSR count). The summed E-state index contributed by atoms with van der Waals surface area (Å²) in [4.78, 5) is 37.1. The first-order valence-electron chi connectivity index (χ1n) is 12.5. The van der Waals surface area contributed by atoms with Gasteiger partial charge in [0.25, 0.3) is 0 Å². The van der Waals surface area contributed by atoms with Gasteiger partial charge in [-0.15, -0.1) is 0 Å². The number of amides is 2. The van der Waals surface area contributed by atoms with E-state index in [4.69, 9.17) is 9.84 Å². The van der Waals surface area contributed by atoms with Gasteiger partial charge in [0.1, 0.15) is 6.61 Å². The predicted octanol–water partition coefficient (Wildman–Crippen LogP) is 4.84. The van der Waals surface area contributed by atoms with Crippen molar-refractivity contribution in [1.82, 2.24) is 10.6 Å². The van der Waals surface area contributed by atoms with Gasteiger partial charge >= 0.3 is 12.1 Å². The molecule has 2 aliphatic rings. The second kappa shape index (κ2) is 10.5. The highest BCUT2D eigenvalue weighted by Gasteiger charge is 2.43. The first kappa shape index (κ1) is 24.8. The van der Waals surface area contributed by atoms with Gasteiger partial charge in [0.15, 0.2) is 0 Å². The zero-order valence-corrected chi connectivity index (χ0v) is 20.4. The van der Waals surface area contributed by atoms with E-state index in [9.17, 15) is 14.4 Å². The van der Waals surface area contributed by atoms with Crippen LogP contribution in [-0.2, 0) is 14.3 Å². The largest absolute Gasteiger partial charge is 0.481 e. The smallest absolute Gasteiger partial charge is 0.407 e. The lowest BCUT2D eigenvalue weighted by atomic mass is 9.73. The number of carbonyl (C=O) groups is 3. The normalized spacial score (nSPS) is 21.9. The molecule has 2 aromatic carbocycles. The van der Waals surface area contributed by atoms with Gasteiger partial charge in [0, 0.05) is 12.0 Å². The van der Waals surface area contributed by atoms with Crippen LogP contribution in [0.4, 0.5) is 4.79 Å². The Morgan fingerprint density at radius 2 is 1.69 bits per heavy atom. The van der Waals surface area contributed by atoms with Gasteiger partial charge in [-0.3, -0.25) is 9.59 Å². The van der Waals surface area contributed by atoms with Crippen LogP contribution in [0.3, 0.4) is 0 Å². The number of benzene rings is 2.